The predicted molar refractivity (Wildman–Crippen MR) is 85.9 cm³/mol. The van der Waals surface area contributed by atoms with E-state index >= 15 is 0 Å². The first kappa shape index (κ1) is 15.6. The van der Waals surface area contributed by atoms with E-state index < -0.39 is 0 Å². The Morgan fingerprint density at radius 1 is 1.29 bits per heavy atom. The number of aromatic nitrogens is 2. The van der Waals surface area contributed by atoms with E-state index in [1.54, 1.807) is 18.2 Å². The summed E-state index contributed by atoms with van der Waals surface area (Å²) in [6, 6.07) is 6.81. The Labute approximate surface area is 138 Å². The van der Waals surface area contributed by atoms with E-state index in [0.717, 1.165) is 12.8 Å². The molecule has 0 unspecified atom stereocenters. The van der Waals surface area contributed by atoms with Gasteiger partial charge in [-0.25, -0.2) is 4.98 Å². The van der Waals surface area contributed by atoms with Crippen LogP contribution in [-0.4, -0.2) is 23.0 Å². The summed E-state index contributed by atoms with van der Waals surface area (Å²) in [6.07, 6.45) is 1.70. The second kappa shape index (κ2) is 6.04. The van der Waals surface area contributed by atoms with Gasteiger partial charge in [0.05, 0.1) is 18.7 Å². The summed E-state index contributed by atoms with van der Waals surface area (Å²) in [6.45, 7) is 0. The van der Waals surface area contributed by atoms with E-state index in [4.69, 9.17) is 20.9 Å². The number of carbonyl (C=O) groups is 1. The zero-order valence-electron chi connectivity index (χ0n) is 12.9. The number of nitrogens with zero attached hydrogens (tertiary/aromatic N) is 3. The van der Waals surface area contributed by atoms with Gasteiger partial charge in [-0.3, -0.25) is 4.79 Å². The van der Waals surface area contributed by atoms with Gasteiger partial charge >= 0.3 is 5.97 Å². The Morgan fingerprint density at radius 2 is 2.04 bits per heavy atom. The van der Waals surface area contributed by atoms with E-state index in [0.29, 0.717) is 22.8 Å². The average molecular weight is 325 g/mol. The largest absolute Gasteiger partial charge is 0.493 e. The smallest absolute Gasteiger partial charge is 0.314 e. The third kappa shape index (κ3) is 2.92. The highest BCUT2D eigenvalue weighted by atomic mass is 16.6. The molecule has 1 saturated carbocycles. The molecular weight excluding hydrogens is 310 g/mol. The predicted octanol–water partition coefficient (Wildman–Crippen LogP) is 1.50. The van der Waals surface area contributed by atoms with Crippen LogP contribution < -0.4 is 20.9 Å². The van der Waals surface area contributed by atoms with Crippen molar-refractivity contribution < 1.29 is 14.3 Å². The van der Waals surface area contributed by atoms with Crippen LogP contribution in [0.15, 0.2) is 18.2 Å². The maximum Gasteiger partial charge on any atom is 0.314 e. The molecule has 1 aliphatic rings. The Bertz CT molecular complexity index is 856. The fraction of sp³-hybridized carbons (Fsp3) is 0.250. The van der Waals surface area contributed by atoms with Crippen LogP contribution in [0.4, 0.5) is 11.8 Å². The van der Waals surface area contributed by atoms with Crippen LogP contribution in [0.1, 0.15) is 18.4 Å². The van der Waals surface area contributed by atoms with Crippen LogP contribution in [0, 0.1) is 17.2 Å². The van der Waals surface area contributed by atoms with Gasteiger partial charge in [-0.05, 0) is 31.0 Å². The topological polar surface area (TPSA) is 137 Å². The summed E-state index contributed by atoms with van der Waals surface area (Å²) < 4.78 is 10.6. The number of hydrogen-bond donors (Lipinski definition) is 2. The van der Waals surface area contributed by atoms with E-state index in [-0.39, 0.29) is 29.2 Å². The molecule has 0 saturated heterocycles. The Balaban J connectivity index is 2.01. The molecule has 1 fully saturated rings. The zero-order valence-corrected chi connectivity index (χ0v) is 12.9. The molecule has 1 heterocycles. The summed E-state index contributed by atoms with van der Waals surface area (Å²) in [4.78, 5) is 19.7. The number of anilines is 2. The van der Waals surface area contributed by atoms with Crippen LogP contribution >= 0.6 is 0 Å². The SMILES string of the molecule is COc1cc(-c2nc(N)nc(N)c2C#N)ccc1OC(=O)C1CC1. The number of hydrogen-bond acceptors (Lipinski definition) is 8. The molecule has 1 aromatic carbocycles. The Morgan fingerprint density at radius 3 is 2.67 bits per heavy atom. The van der Waals surface area contributed by atoms with Gasteiger partial charge in [-0.1, -0.05) is 0 Å². The average Bonchev–Trinajstić information content (AvgIpc) is 3.39. The van der Waals surface area contributed by atoms with Gasteiger partial charge < -0.3 is 20.9 Å². The van der Waals surface area contributed by atoms with Gasteiger partial charge in [-0.2, -0.15) is 10.2 Å². The van der Waals surface area contributed by atoms with Crippen molar-refractivity contribution in [2.75, 3.05) is 18.6 Å². The molecule has 0 spiro atoms. The Hall–Kier alpha value is -3.34. The molecule has 4 N–H and O–H groups in total. The van der Waals surface area contributed by atoms with E-state index in [9.17, 15) is 10.1 Å². The molecule has 0 amide bonds. The van der Waals surface area contributed by atoms with Crippen molar-refractivity contribution in [3.05, 3.63) is 23.8 Å². The van der Waals surface area contributed by atoms with Gasteiger partial charge in [0.1, 0.15) is 17.5 Å². The van der Waals surface area contributed by atoms with Crippen LogP contribution in [-0.2, 0) is 4.79 Å². The molecule has 8 nitrogen and oxygen atoms in total. The molecular formula is C16H15N5O3. The fourth-order valence-corrected chi connectivity index (χ4v) is 2.23. The number of nitrogen functional groups attached to an aromatic ring is 2. The molecule has 3 rings (SSSR count). The van der Waals surface area contributed by atoms with Gasteiger partial charge in [0.15, 0.2) is 11.5 Å². The van der Waals surface area contributed by atoms with E-state index in [1.807, 2.05) is 6.07 Å². The van der Waals surface area contributed by atoms with Gasteiger partial charge in [0.25, 0.3) is 0 Å². The molecule has 0 bridgehead atoms. The minimum absolute atomic E-state index is 0.00297. The van der Waals surface area contributed by atoms with Gasteiger partial charge in [-0.15, -0.1) is 0 Å². The highest BCUT2D eigenvalue weighted by Crippen LogP contribution is 2.36. The van der Waals surface area contributed by atoms with Gasteiger partial charge in [0, 0.05) is 5.56 Å². The van der Waals surface area contributed by atoms with Crippen molar-refractivity contribution in [2.24, 2.45) is 5.92 Å². The third-order valence-electron chi connectivity index (χ3n) is 3.62. The number of rotatable bonds is 4. The number of ether oxygens (including phenoxy) is 2. The molecule has 8 heteroatoms. The first-order valence-corrected chi connectivity index (χ1v) is 7.26. The molecule has 0 aliphatic heterocycles. The number of nitriles is 1. The summed E-state index contributed by atoms with van der Waals surface area (Å²) in [5.41, 5.74) is 12.3. The number of benzene rings is 1. The second-order valence-electron chi connectivity index (χ2n) is 5.36. The fourth-order valence-electron chi connectivity index (χ4n) is 2.23. The highest BCUT2D eigenvalue weighted by Gasteiger charge is 2.32. The summed E-state index contributed by atoms with van der Waals surface area (Å²) in [5, 5.41) is 9.27. The first-order valence-electron chi connectivity index (χ1n) is 7.26. The van der Waals surface area contributed by atoms with Crippen LogP contribution in [0.25, 0.3) is 11.3 Å². The van der Waals surface area contributed by atoms with Crippen molar-refractivity contribution in [3.8, 4) is 28.8 Å². The third-order valence-corrected chi connectivity index (χ3v) is 3.62. The van der Waals surface area contributed by atoms with Crippen molar-refractivity contribution in [3.63, 3.8) is 0 Å². The molecule has 24 heavy (non-hydrogen) atoms. The maximum atomic E-state index is 11.8. The van der Waals surface area contributed by atoms with Crippen molar-refractivity contribution in [1.29, 1.82) is 5.26 Å². The summed E-state index contributed by atoms with van der Waals surface area (Å²) >= 11 is 0. The standard InChI is InChI=1S/C16H15N5O3/c1-23-12-6-9(4-5-11(12)24-15(22)8-2-3-8)13-10(7-17)14(18)21-16(19)20-13/h4-6,8H,2-3H2,1H3,(H4,18,19,20,21). The monoisotopic (exact) mass is 325 g/mol. The summed E-state index contributed by atoms with van der Waals surface area (Å²) in [7, 11) is 1.46. The molecule has 1 aromatic heterocycles. The number of esters is 1. The Kier molecular flexibility index (Phi) is 3.92. The van der Waals surface area contributed by atoms with Crippen LogP contribution in [0.2, 0.25) is 0 Å². The lowest BCUT2D eigenvalue weighted by Gasteiger charge is -2.12. The quantitative estimate of drug-likeness (QED) is 0.637. The lowest BCUT2D eigenvalue weighted by Crippen LogP contribution is -2.10. The van der Waals surface area contributed by atoms with E-state index in [1.165, 1.54) is 7.11 Å². The molecule has 0 radical (unpaired) electrons. The van der Waals surface area contributed by atoms with Crippen LogP contribution in [0.5, 0.6) is 11.5 Å². The van der Waals surface area contributed by atoms with Gasteiger partial charge in [0.2, 0.25) is 5.95 Å². The second-order valence-corrected chi connectivity index (χ2v) is 5.36. The molecule has 2 aromatic rings. The summed E-state index contributed by atoms with van der Waals surface area (Å²) in [5.74, 6) is 0.330. The number of carbonyl (C=O) groups excluding carboxylic acids is 1. The lowest BCUT2D eigenvalue weighted by atomic mass is 10.1. The van der Waals surface area contributed by atoms with Crippen molar-refractivity contribution in [2.45, 2.75) is 12.8 Å². The first-order chi connectivity index (χ1) is 11.5. The molecule has 0 atom stereocenters. The number of nitrogens with two attached hydrogens (primary N) is 2. The van der Waals surface area contributed by atoms with E-state index in [2.05, 4.69) is 9.97 Å². The lowest BCUT2D eigenvalue weighted by molar-refractivity contribution is -0.135. The number of methoxy groups -OCH3 is 1. The maximum absolute atomic E-state index is 11.8. The van der Waals surface area contributed by atoms with Crippen molar-refractivity contribution >= 4 is 17.7 Å². The molecule has 122 valence electrons. The minimum atomic E-state index is -0.269. The normalized spacial score (nSPS) is 13.2. The molecule has 1 aliphatic carbocycles. The van der Waals surface area contributed by atoms with Crippen molar-refractivity contribution in [1.82, 2.24) is 9.97 Å². The van der Waals surface area contributed by atoms with Crippen LogP contribution in [0.3, 0.4) is 0 Å². The zero-order chi connectivity index (χ0) is 17.3. The minimum Gasteiger partial charge on any atom is -0.493 e. The highest BCUT2D eigenvalue weighted by molar-refractivity contribution is 5.79.